The fourth-order valence-corrected chi connectivity index (χ4v) is 5.04. The topological polar surface area (TPSA) is 227 Å². The number of ether oxygens (including phenoxy) is 6. The van der Waals surface area contributed by atoms with E-state index in [1.165, 1.54) is 51.5 Å². The number of fused-ring (bicyclic) bond motifs is 1. The summed E-state index contributed by atoms with van der Waals surface area (Å²) >= 11 is 0. The van der Waals surface area contributed by atoms with E-state index in [2.05, 4.69) is 0 Å². The van der Waals surface area contributed by atoms with Gasteiger partial charge in [0.1, 0.15) is 71.0 Å². The van der Waals surface area contributed by atoms with Gasteiger partial charge < -0.3 is 68.6 Å². The number of phenols is 1. The molecule has 240 valence electrons. The van der Waals surface area contributed by atoms with E-state index in [0.717, 1.165) is 0 Å². The highest BCUT2D eigenvalue weighted by Gasteiger charge is 2.47. The van der Waals surface area contributed by atoms with Gasteiger partial charge in [0.15, 0.2) is 23.2 Å². The van der Waals surface area contributed by atoms with Crippen LogP contribution in [0.1, 0.15) is 6.92 Å². The Kier molecular flexibility index (Phi) is 9.31. The predicted molar refractivity (Wildman–Crippen MR) is 148 cm³/mol. The third-order valence-corrected chi connectivity index (χ3v) is 7.61. The van der Waals surface area contributed by atoms with Crippen molar-refractivity contribution in [1.82, 2.24) is 0 Å². The molecule has 0 radical (unpaired) electrons. The molecule has 0 unspecified atom stereocenters. The van der Waals surface area contributed by atoms with E-state index in [-0.39, 0.29) is 39.7 Å². The molecule has 3 aromatic rings. The molecule has 0 bridgehead atoms. The van der Waals surface area contributed by atoms with Crippen LogP contribution in [0.3, 0.4) is 0 Å². The molecule has 0 saturated carbocycles. The second-order valence-corrected chi connectivity index (χ2v) is 10.5. The van der Waals surface area contributed by atoms with Crippen LogP contribution in [0, 0.1) is 0 Å². The van der Waals surface area contributed by atoms with Gasteiger partial charge in [0.25, 0.3) is 0 Å². The average Bonchev–Trinajstić information content (AvgIpc) is 3.01. The fraction of sp³-hybridized carbons (Fsp3) is 0.483. The zero-order valence-electron chi connectivity index (χ0n) is 23.8. The van der Waals surface area contributed by atoms with E-state index >= 15 is 0 Å². The summed E-state index contributed by atoms with van der Waals surface area (Å²) in [6, 6.07) is 8.42. The number of benzene rings is 2. The zero-order chi connectivity index (χ0) is 31.9. The molecule has 2 aliphatic rings. The van der Waals surface area contributed by atoms with Crippen LogP contribution in [-0.4, -0.2) is 118 Å². The third kappa shape index (κ3) is 6.06. The lowest BCUT2D eigenvalue weighted by Crippen LogP contribution is -2.61. The Balaban J connectivity index is 1.38. The smallest absolute Gasteiger partial charge is 0.229 e. The van der Waals surface area contributed by atoms with Gasteiger partial charge in [0, 0.05) is 23.8 Å². The summed E-state index contributed by atoms with van der Waals surface area (Å²) in [5.74, 6) is 0.242. The van der Waals surface area contributed by atoms with Crippen molar-refractivity contribution in [2.24, 2.45) is 0 Å². The minimum atomic E-state index is -1.75. The normalized spacial score (nSPS) is 32.4. The van der Waals surface area contributed by atoms with Crippen LogP contribution in [0.4, 0.5) is 0 Å². The first-order valence-corrected chi connectivity index (χ1v) is 13.6. The molecule has 2 aromatic carbocycles. The molecule has 15 nitrogen and oxygen atoms in total. The highest BCUT2D eigenvalue weighted by atomic mass is 16.7. The van der Waals surface area contributed by atoms with E-state index in [9.17, 15) is 40.5 Å². The zero-order valence-corrected chi connectivity index (χ0v) is 23.8. The minimum Gasteiger partial charge on any atom is -0.507 e. The van der Waals surface area contributed by atoms with Gasteiger partial charge in [-0.2, -0.15) is 0 Å². The molecule has 2 saturated heterocycles. The van der Waals surface area contributed by atoms with Crippen molar-refractivity contribution in [1.29, 1.82) is 0 Å². The predicted octanol–water partition coefficient (Wildman–Crippen LogP) is -0.787. The number of aromatic hydroxyl groups is 1. The van der Waals surface area contributed by atoms with E-state index in [1.54, 1.807) is 6.07 Å². The van der Waals surface area contributed by atoms with Crippen LogP contribution in [0.5, 0.6) is 23.0 Å². The molecule has 5 rings (SSSR count). The molecular weight excluding hydrogens is 588 g/mol. The number of phenolic OH excluding ortho intramolecular Hbond substituents is 1. The quantitative estimate of drug-likeness (QED) is 0.163. The van der Waals surface area contributed by atoms with Crippen molar-refractivity contribution in [3.63, 3.8) is 0 Å². The number of hydrogen-bond donors (Lipinski definition) is 7. The summed E-state index contributed by atoms with van der Waals surface area (Å²) in [7, 11) is 2.76. The molecule has 2 fully saturated rings. The molecule has 7 N–H and O–H groups in total. The standard InChI is InChI=1S/C29H34O15/c1-11-22(32)24(34)26(36)28(41-11)40-10-20-23(33)25(35)27(37)29(44-20)43-18-6-12(4-5-16(18)39-3)17-9-15(31)21-14(30)7-13(38-2)8-19(21)42-17/h4-9,11,20,22-30,32-37H,10H2,1-3H3/t11-,20+,22-,23+,24+,25-,26+,27+,28+,29-/m0/s1. The summed E-state index contributed by atoms with van der Waals surface area (Å²) in [5.41, 5.74) is -0.113. The van der Waals surface area contributed by atoms with Crippen LogP contribution in [0.2, 0.25) is 0 Å². The van der Waals surface area contributed by atoms with E-state index in [4.69, 9.17) is 32.8 Å². The maximum Gasteiger partial charge on any atom is 0.229 e. The summed E-state index contributed by atoms with van der Waals surface area (Å²) in [4.78, 5) is 12.8. The molecule has 15 heteroatoms. The Morgan fingerprint density at radius 2 is 1.48 bits per heavy atom. The van der Waals surface area contributed by atoms with Crippen molar-refractivity contribution < 1.29 is 68.6 Å². The van der Waals surface area contributed by atoms with E-state index < -0.39 is 73.4 Å². The van der Waals surface area contributed by atoms with Gasteiger partial charge >= 0.3 is 0 Å². The van der Waals surface area contributed by atoms with E-state index in [1.807, 2.05) is 0 Å². The first kappa shape index (κ1) is 31.9. The largest absolute Gasteiger partial charge is 0.507 e. The van der Waals surface area contributed by atoms with Crippen molar-refractivity contribution in [3.05, 3.63) is 46.6 Å². The second kappa shape index (κ2) is 12.8. The second-order valence-electron chi connectivity index (χ2n) is 10.5. The molecule has 3 heterocycles. The Hall–Kier alpha value is -3.51. The molecule has 0 amide bonds. The third-order valence-electron chi connectivity index (χ3n) is 7.61. The van der Waals surface area contributed by atoms with Gasteiger partial charge in [-0.15, -0.1) is 0 Å². The van der Waals surface area contributed by atoms with Gasteiger partial charge in [-0.05, 0) is 25.1 Å². The first-order chi connectivity index (χ1) is 20.9. The number of methoxy groups -OCH3 is 2. The Labute approximate surface area is 249 Å². The number of rotatable bonds is 8. The van der Waals surface area contributed by atoms with Crippen LogP contribution < -0.4 is 19.6 Å². The summed E-state index contributed by atoms with van der Waals surface area (Å²) in [5, 5.41) is 72.1. The summed E-state index contributed by atoms with van der Waals surface area (Å²) in [6.45, 7) is 0.995. The van der Waals surface area contributed by atoms with Crippen molar-refractivity contribution in [2.45, 2.75) is 68.3 Å². The Bertz CT molecular complexity index is 1520. The average molecular weight is 623 g/mol. The van der Waals surface area contributed by atoms with Gasteiger partial charge in [-0.25, -0.2) is 0 Å². The summed E-state index contributed by atoms with van der Waals surface area (Å²) in [6.07, 6.45) is -14.8. The van der Waals surface area contributed by atoms with Gasteiger partial charge in [-0.1, -0.05) is 0 Å². The lowest BCUT2D eigenvalue weighted by Gasteiger charge is -2.42. The number of hydrogen-bond acceptors (Lipinski definition) is 15. The summed E-state index contributed by atoms with van der Waals surface area (Å²) < 4.78 is 38.9. The van der Waals surface area contributed by atoms with E-state index in [0.29, 0.717) is 5.56 Å². The van der Waals surface area contributed by atoms with Crippen molar-refractivity contribution in [3.8, 4) is 34.3 Å². The fourth-order valence-electron chi connectivity index (χ4n) is 5.04. The van der Waals surface area contributed by atoms with Gasteiger partial charge in [0.2, 0.25) is 6.29 Å². The van der Waals surface area contributed by atoms with Crippen LogP contribution in [0.15, 0.2) is 45.6 Å². The first-order valence-electron chi connectivity index (χ1n) is 13.6. The van der Waals surface area contributed by atoms with Crippen LogP contribution in [0.25, 0.3) is 22.3 Å². The molecule has 1 aromatic heterocycles. The molecule has 0 spiro atoms. The van der Waals surface area contributed by atoms with Gasteiger partial charge in [-0.3, -0.25) is 4.79 Å². The van der Waals surface area contributed by atoms with Crippen LogP contribution >= 0.6 is 0 Å². The molecule has 44 heavy (non-hydrogen) atoms. The lowest BCUT2D eigenvalue weighted by molar-refractivity contribution is -0.318. The van der Waals surface area contributed by atoms with Crippen molar-refractivity contribution in [2.75, 3.05) is 20.8 Å². The molecule has 2 aliphatic heterocycles. The molecular formula is C29H34O15. The SMILES string of the molecule is COc1cc(O)c2c(=O)cc(-c3ccc(OC)c(O[C@H]4O[C@H](CO[C@@H]5O[C@@H](C)[C@H](O)[C@@H](O)[C@H]5O)[C@@H](O)[C@H](O)[C@H]4O)c3)oc2c1. The number of aliphatic hydroxyl groups excluding tert-OH is 6. The number of aliphatic hydroxyl groups is 6. The highest BCUT2D eigenvalue weighted by Crippen LogP contribution is 2.37. The monoisotopic (exact) mass is 622 g/mol. The minimum absolute atomic E-state index is 0.00511. The Morgan fingerprint density at radius 3 is 2.18 bits per heavy atom. The Morgan fingerprint density at radius 1 is 0.773 bits per heavy atom. The highest BCUT2D eigenvalue weighted by molar-refractivity contribution is 5.86. The maximum atomic E-state index is 12.8. The maximum absolute atomic E-state index is 12.8. The molecule has 0 aliphatic carbocycles. The molecule has 10 atom stereocenters. The lowest BCUT2D eigenvalue weighted by atomic mass is 9.98. The van der Waals surface area contributed by atoms with Crippen molar-refractivity contribution >= 4 is 11.0 Å². The van der Waals surface area contributed by atoms with Gasteiger partial charge in [0.05, 0.1) is 26.9 Å². The van der Waals surface area contributed by atoms with Crippen LogP contribution in [-0.2, 0) is 14.2 Å².